The Hall–Kier alpha value is -2.00. The molecule has 0 aliphatic heterocycles. The van der Waals surface area contributed by atoms with Gasteiger partial charge in [0, 0.05) is 10.7 Å². The standard InChI is InChI=1S/C20H24ClNO2/c1-5-15-9-10-17(21)16(6-2)20(15)22-19(23)12-24-18-11-13(3)7-8-14(18)4/h7-11H,5-6,12H2,1-4H3,(H,22,23). The molecular formula is C20H24ClNO2. The first-order chi connectivity index (χ1) is 11.5. The van der Waals surface area contributed by atoms with E-state index in [1.54, 1.807) is 0 Å². The SMILES string of the molecule is CCc1ccc(Cl)c(CC)c1NC(=O)COc1cc(C)ccc1C. The zero-order valence-corrected chi connectivity index (χ0v) is 15.5. The first-order valence-corrected chi connectivity index (χ1v) is 8.64. The number of aryl methyl sites for hydroxylation is 3. The average Bonchev–Trinajstić information content (AvgIpc) is 2.56. The Morgan fingerprint density at radius 1 is 1.12 bits per heavy atom. The minimum absolute atomic E-state index is 0.0247. The van der Waals surface area contributed by atoms with Gasteiger partial charge in [-0.2, -0.15) is 0 Å². The van der Waals surface area contributed by atoms with Gasteiger partial charge in [-0.15, -0.1) is 0 Å². The van der Waals surface area contributed by atoms with Crippen LogP contribution < -0.4 is 10.1 Å². The van der Waals surface area contributed by atoms with E-state index in [1.165, 1.54) is 0 Å². The summed E-state index contributed by atoms with van der Waals surface area (Å²) in [5.74, 6) is 0.560. The smallest absolute Gasteiger partial charge is 0.262 e. The number of hydrogen-bond acceptors (Lipinski definition) is 2. The fourth-order valence-corrected chi connectivity index (χ4v) is 2.94. The van der Waals surface area contributed by atoms with Gasteiger partial charge in [0.25, 0.3) is 5.91 Å². The maximum absolute atomic E-state index is 12.4. The lowest BCUT2D eigenvalue weighted by molar-refractivity contribution is -0.118. The van der Waals surface area contributed by atoms with Crippen LogP contribution in [0.25, 0.3) is 0 Å². The number of rotatable bonds is 6. The van der Waals surface area contributed by atoms with E-state index in [4.69, 9.17) is 16.3 Å². The molecule has 0 aliphatic carbocycles. The van der Waals surface area contributed by atoms with Crippen LogP contribution in [0.15, 0.2) is 30.3 Å². The van der Waals surface area contributed by atoms with Gasteiger partial charge < -0.3 is 10.1 Å². The van der Waals surface area contributed by atoms with Crippen LogP contribution in [0.5, 0.6) is 5.75 Å². The monoisotopic (exact) mass is 345 g/mol. The molecule has 0 spiro atoms. The van der Waals surface area contributed by atoms with Crippen molar-refractivity contribution in [3.8, 4) is 5.75 Å². The van der Waals surface area contributed by atoms with Crippen molar-refractivity contribution in [2.45, 2.75) is 40.5 Å². The third-order valence-corrected chi connectivity index (χ3v) is 4.40. The van der Waals surface area contributed by atoms with Gasteiger partial charge in [0.1, 0.15) is 5.75 Å². The third-order valence-electron chi connectivity index (χ3n) is 4.04. The normalized spacial score (nSPS) is 10.5. The van der Waals surface area contributed by atoms with Crippen LogP contribution in [0.2, 0.25) is 5.02 Å². The third kappa shape index (κ3) is 4.30. The number of halogens is 1. The Kier molecular flexibility index (Phi) is 6.27. The zero-order valence-electron chi connectivity index (χ0n) is 14.7. The van der Waals surface area contributed by atoms with Crippen LogP contribution in [-0.4, -0.2) is 12.5 Å². The molecule has 2 aromatic rings. The molecule has 128 valence electrons. The Morgan fingerprint density at radius 3 is 2.54 bits per heavy atom. The van der Waals surface area contributed by atoms with Crippen LogP contribution in [0.3, 0.4) is 0 Å². The number of benzene rings is 2. The van der Waals surface area contributed by atoms with Crippen molar-refractivity contribution in [3.05, 3.63) is 57.6 Å². The number of carbonyl (C=O) groups is 1. The minimum atomic E-state index is -0.178. The van der Waals surface area contributed by atoms with Crippen LogP contribution in [0.1, 0.15) is 36.1 Å². The molecule has 2 rings (SSSR count). The van der Waals surface area contributed by atoms with Gasteiger partial charge in [-0.25, -0.2) is 0 Å². The molecule has 0 fully saturated rings. The minimum Gasteiger partial charge on any atom is -0.483 e. The highest BCUT2D eigenvalue weighted by molar-refractivity contribution is 6.32. The molecule has 0 bridgehead atoms. The van der Waals surface area contributed by atoms with Gasteiger partial charge in [0.05, 0.1) is 0 Å². The zero-order chi connectivity index (χ0) is 17.7. The first kappa shape index (κ1) is 18.3. The van der Waals surface area contributed by atoms with Crippen LogP contribution >= 0.6 is 11.6 Å². The first-order valence-electron chi connectivity index (χ1n) is 8.26. The summed E-state index contributed by atoms with van der Waals surface area (Å²) in [7, 11) is 0. The van der Waals surface area contributed by atoms with Gasteiger partial charge in [-0.3, -0.25) is 4.79 Å². The van der Waals surface area contributed by atoms with Crippen molar-refractivity contribution in [2.24, 2.45) is 0 Å². The molecule has 2 aromatic carbocycles. The Bertz CT molecular complexity index is 741. The number of anilines is 1. The molecule has 0 saturated carbocycles. The molecule has 0 saturated heterocycles. The van der Waals surface area contributed by atoms with Crippen molar-refractivity contribution in [3.63, 3.8) is 0 Å². The van der Waals surface area contributed by atoms with Crippen LogP contribution in [-0.2, 0) is 17.6 Å². The molecular weight excluding hydrogens is 322 g/mol. The summed E-state index contributed by atoms with van der Waals surface area (Å²) in [5.41, 5.74) is 4.99. The molecule has 4 heteroatoms. The second kappa shape index (κ2) is 8.20. The number of carbonyl (C=O) groups excluding carboxylic acids is 1. The summed E-state index contributed by atoms with van der Waals surface area (Å²) in [5, 5.41) is 3.66. The summed E-state index contributed by atoms with van der Waals surface area (Å²) in [4.78, 5) is 12.4. The molecule has 1 N–H and O–H groups in total. The Morgan fingerprint density at radius 2 is 1.88 bits per heavy atom. The maximum Gasteiger partial charge on any atom is 0.262 e. The summed E-state index contributed by atoms with van der Waals surface area (Å²) < 4.78 is 5.68. The van der Waals surface area contributed by atoms with E-state index in [-0.39, 0.29) is 12.5 Å². The quantitative estimate of drug-likeness (QED) is 0.791. The second-order valence-corrected chi connectivity index (χ2v) is 6.28. The summed E-state index contributed by atoms with van der Waals surface area (Å²) in [6.07, 6.45) is 1.59. The molecule has 1 amide bonds. The lowest BCUT2D eigenvalue weighted by Gasteiger charge is -2.16. The summed E-state index contributed by atoms with van der Waals surface area (Å²) >= 11 is 6.27. The number of nitrogens with one attached hydrogen (secondary N) is 1. The van der Waals surface area contributed by atoms with Crippen molar-refractivity contribution in [1.29, 1.82) is 0 Å². The van der Waals surface area contributed by atoms with Gasteiger partial charge in [-0.1, -0.05) is 43.6 Å². The topological polar surface area (TPSA) is 38.3 Å². The molecule has 0 unspecified atom stereocenters. The largest absolute Gasteiger partial charge is 0.483 e. The number of hydrogen-bond donors (Lipinski definition) is 1. The second-order valence-electron chi connectivity index (χ2n) is 5.87. The highest BCUT2D eigenvalue weighted by atomic mass is 35.5. The Balaban J connectivity index is 2.12. The van der Waals surface area contributed by atoms with Crippen molar-refractivity contribution in [2.75, 3.05) is 11.9 Å². The van der Waals surface area contributed by atoms with E-state index < -0.39 is 0 Å². The lowest BCUT2D eigenvalue weighted by Crippen LogP contribution is -2.22. The van der Waals surface area contributed by atoms with Crippen molar-refractivity contribution in [1.82, 2.24) is 0 Å². The number of ether oxygens (including phenoxy) is 1. The predicted octanol–water partition coefficient (Wildman–Crippen LogP) is 5.10. The molecule has 0 aromatic heterocycles. The molecule has 0 radical (unpaired) electrons. The van der Waals surface area contributed by atoms with Gasteiger partial charge in [-0.05, 0) is 61.1 Å². The van der Waals surface area contributed by atoms with E-state index in [1.807, 2.05) is 51.1 Å². The fraction of sp³-hybridized carbons (Fsp3) is 0.350. The van der Waals surface area contributed by atoms with Gasteiger partial charge in [0.2, 0.25) is 0 Å². The van der Waals surface area contributed by atoms with E-state index in [0.29, 0.717) is 5.02 Å². The molecule has 0 atom stereocenters. The van der Waals surface area contributed by atoms with Crippen LogP contribution in [0.4, 0.5) is 5.69 Å². The highest BCUT2D eigenvalue weighted by Gasteiger charge is 2.14. The van der Waals surface area contributed by atoms with Gasteiger partial charge in [0.15, 0.2) is 6.61 Å². The highest BCUT2D eigenvalue weighted by Crippen LogP contribution is 2.29. The fourth-order valence-electron chi connectivity index (χ4n) is 2.65. The lowest BCUT2D eigenvalue weighted by atomic mass is 10.0. The maximum atomic E-state index is 12.4. The van der Waals surface area contributed by atoms with Crippen LogP contribution in [0, 0.1) is 13.8 Å². The summed E-state index contributed by atoms with van der Waals surface area (Å²) in [6.45, 7) is 8.03. The molecule has 24 heavy (non-hydrogen) atoms. The molecule has 0 heterocycles. The van der Waals surface area contributed by atoms with E-state index >= 15 is 0 Å². The van der Waals surface area contributed by atoms with E-state index in [0.717, 1.165) is 46.5 Å². The predicted molar refractivity (Wildman–Crippen MR) is 100 cm³/mol. The average molecular weight is 346 g/mol. The number of amides is 1. The van der Waals surface area contributed by atoms with E-state index in [9.17, 15) is 4.79 Å². The molecule has 0 aliphatic rings. The van der Waals surface area contributed by atoms with E-state index in [2.05, 4.69) is 12.2 Å². The Labute approximate surface area is 149 Å². The van der Waals surface area contributed by atoms with Crippen molar-refractivity contribution < 1.29 is 9.53 Å². The summed E-state index contributed by atoms with van der Waals surface area (Å²) in [6, 6.07) is 9.81. The van der Waals surface area contributed by atoms with Gasteiger partial charge >= 0.3 is 0 Å². The van der Waals surface area contributed by atoms with Crippen molar-refractivity contribution >= 4 is 23.2 Å². The molecule has 3 nitrogen and oxygen atoms in total.